The number of aliphatic carboxylic acids is 2. The summed E-state index contributed by atoms with van der Waals surface area (Å²) in [7, 11) is 0. The van der Waals surface area contributed by atoms with Crippen LogP contribution in [0.5, 0.6) is 0 Å². The third-order valence-electron chi connectivity index (χ3n) is 12.4. The summed E-state index contributed by atoms with van der Waals surface area (Å²) in [5.74, 6) is -11.8. The lowest BCUT2D eigenvalue weighted by atomic mass is 9.96. The Morgan fingerprint density at radius 1 is 0.635 bits per heavy atom. The van der Waals surface area contributed by atoms with E-state index in [1.807, 2.05) is 0 Å². The zero-order valence-corrected chi connectivity index (χ0v) is 44.5. The SMILES string of the molecule is CC[C@H](C)[C@H](NC(=O)[C@@H]1CCCN1C(=O)[C@H](CCC(N)=O)NC(=O)[C@H](CCC(=O)O)NC(=O)[C@H](CCSC)NC(=O)[C@H](CC(C)C)NC(=O)[C@@H](N)CC(N)=O)C(=O)N[C@@H](CCCCN)C(=O)N[C@H](C(=O)O)C(C)C. The molecule has 17 N–H and O–H groups in total. The van der Waals surface area contributed by atoms with Crippen LogP contribution in [-0.2, 0) is 57.5 Å². The van der Waals surface area contributed by atoms with Crippen molar-refractivity contribution in [2.45, 2.75) is 179 Å². The monoisotopic (exact) mass is 1070 g/mol. The second-order valence-electron chi connectivity index (χ2n) is 19.3. The second-order valence-corrected chi connectivity index (χ2v) is 20.3. The highest BCUT2D eigenvalue weighted by Crippen LogP contribution is 2.22. The van der Waals surface area contributed by atoms with Gasteiger partial charge in [-0.2, -0.15) is 11.8 Å². The number of hydrogen-bond donors (Lipinski definition) is 13. The van der Waals surface area contributed by atoms with Crippen LogP contribution in [0.3, 0.4) is 0 Å². The van der Waals surface area contributed by atoms with E-state index in [0.717, 1.165) is 0 Å². The van der Waals surface area contributed by atoms with E-state index < -0.39 is 163 Å². The number of carboxylic acids is 2. The number of rotatable bonds is 36. The van der Waals surface area contributed by atoms with Crippen molar-refractivity contribution in [2.24, 2.45) is 40.7 Å². The summed E-state index contributed by atoms with van der Waals surface area (Å²) in [4.78, 5) is 159. The number of hydrogen-bond acceptors (Lipinski definition) is 15. The van der Waals surface area contributed by atoms with Crippen LogP contribution in [0.15, 0.2) is 0 Å². The molecule has 0 aromatic heterocycles. The molecular weight excluding hydrogens is 989 g/mol. The van der Waals surface area contributed by atoms with Crippen molar-refractivity contribution in [3.63, 3.8) is 0 Å². The molecule has 420 valence electrons. The zero-order chi connectivity index (χ0) is 56.4. The summed E-state index contributed by atoms with van der Waals surface area (Å²) in [6.45, 7) is 10.5. The highest BCUT2D eigenvalue weighted by molar-refractivity contribution is 7.98. The van der Waals surface area contributed by atoms with Gasteiger partial charge >= 0.3 is 11.9 Å². The van der Waals surface area contributed by atoms with E-state index in [1.54, 1.807) is 47.8 Å². The molecule has 0 aromatic carbocycles. The molecule has 0 radical (unpaired) electrons. The van der Waals surface area contributed by atoms with Crippen LogP contribution >= 0.6 is 11.8 Å². The molecule has 0 aliphatic carbocycles. The minimum absolute atomic E-state index is 0.00342. The van der Waals surface area contributed by atoms with Gasteiger partial charge in [-0.15, -0.1) is 0 Å². The van der Waals surface area contributed by atoms with Gasteiger partial charge in [0.1, 0.15) is 48.3 Å². The molecule has 10 amide bonds. The van der Waals surface area contributed by atoms with Crippen molar-refractivity contribution in [3.8, 4) is 0 Å². The van der Waals surface area contributed by atoms with Gasteiger partial charge in [0, 0.05) is 19.4 Å². The van der Waals surface area contributed by atoms with Gasteiger partial charge in [-0.3, -0.25) is 52.7 Å². The average Bonchev–Trinajstić information content (AvgIpc) is 3.82. The smallest absolute Gasteiger partial charge is 0.326 e. The molecule has 0 bridgehead atoms. The quantitative estimate of drug-likeness (QED) is 0.0287. The number of likely N-dealkylation sites (tertiary alicyclic amines) is 1. The lowest BCUT2D eigenvalue weighted by Crippen LogP contribution is -2.61. The van der Waals surface area contributed by atoms with Crippen molar-refractivity contribution in [3.05, 3.63) is 0 Å². The maximum atomic E-state index is 14.4. The Bertz CT molecular complexity index is 1960. The molecular formula is C47H82N12O14S. The molecule has 1 fully saturated rings. The summed E-state index contributed by atoms with van der Waals surface area (Å²) in [6, 6.07) is -12.0. The molecule has 1 rings (SSSR count). The Kier molecular flexibility index (Phi) is 30.0. The number of primary amides is 2. The Morgan fingerprint density at radius 2 is 1.16 bits per heavy atom. The van der Waals surface area contributed by atoms with Crippen LogP contribution in [0.25, 0.3) is 0 Å². The minimum atomic E-state index is -1.64. The first kappa shape index (κ1) is 65.9. The molecule has 1 aliphatic heterocycles. The van der Waals surface area contributed by atoms with E-state index in [1.165, 1.54) is 16.7 Å². The molecule has 0 spiro atoms. The van der Waals surface area contributed by atoms with Crippen LogP contribution in [0.4, 0.5) is 0 Å². The van der Waals surface area contributed by atoms with Crippen LogP contribution < -0.4 is 60.2 Å². The predicted molar refractivity (Wildman–Crippen MR) is 273 cm³/mol. The van der Waals surface area contributed by atoms with Crippen molar-refractivity contribution in [1.29, 1.82) is 0 Å². The molecule has 1 heterocycles. The lowest BCUT2D eigenvalue weighted by molar-refractivity contribution is -0.144. The Morgan fingerprint density at radius 3 is 1.68 bits per heavy atom. The summed E-state index contributed by atoms with van der Waals surface area (Å²) >= 11 is 1.32. The summed E-state index contributed by atoms with van der Waals surface area (Å²) < 4.78 is 0. The first-order valence-electron chi connectivity index (χ1n) is 25.1. The van der Waals surface area contributed by atoms with Crippen molar-refractivity contribution in [2.75, 3.05) is 25.1 Å². The van der Waals surface area contributed by atoms with Crippen LogP contribution in [0, 0.1) is 17.8 Å². The maximum absolute atomic E-state index is 14.4. The number of nitrogens with zero attached hydrogens (tertiary/aromatic N) is 1. The van der Waals surface area contributed by atoms with Gasteiger partial charge in [-0.1, -0.05) is 48.0 Å². The highest BCUT2D eigenvalue weighted by Gasteiger charge is 2.41. The summed E-state index contributed by atoms with van der Waals surface area (Å²) in [6.07, 6.45) is 1.17. The van der Waals surface area contributed by atoms with Crippen molar-refractivity contribution < 1.29 is 67.7 Å². The van der Waals surface area contributed by atoms with Gasteiger partial charge in [0.2, 0.25) is 59.1 Å². The van der Waals surface area contributed by atoms with E-state index in [9.17, 15) is 67.7 Å². The Balaban J connectivity index is 3.50. The zero-order valence-electron chi connectivity index (χ0n) is 43.7. The van der Waals surface area contributed by atoms with E-state index in [0.29, 0.717) is 38.0 Å². The van der Waals surface area contributed by atoms with E-state index in [-0.39, 0.29) is 44.6 Å². The highest BCUT2D eigenvalue weighted by atomic mass is 32.2. The van der Waals surface area contributed by atoms with Gasteiger partial charge in [0.15, 0.2) is 0 Å². The third-order valence-corrected chi connectivity index (χ3v) is 13.0. The van der Waals surface area contributed by atoms with Crippen LogP contribution in [0.1, 0.15) is 125 Å². The molecule has 26 nitrogen and oxygen atoms in total. The number of carboxylic acid groups (broad SMARTS) is 2. The van der Waals surface area contributed by atoms with E-state index >= 15 is 0 Å². The van der Waals surface area contributed by atoms with Gasteiger partial charge < -0.3 is 75.3 Å². The van der Waals surface area contributed by atoms with Gasteiger partial charge in [-0.25, -0.2) is 4.79 Å². The van der Waals surface area contributed by atoms with Crippen LogP contribution in [0.2, 0.25) is 0 Å². The largest absolute Gasteiger partial charge is 0.481 e. The average molecular weight is 1070 g/mol. The second kappa shape index (κ2) is 33.7. The number of carbonyl (C=O) groups excluding carboxylic acids is 10. The molecule has 1 aliphatic rings. The lowest BCUT2D eigenvalue weighted by Gasteiger charge is -2.32. The topological polar surface area (TPSA) is 437 Å². The van der Waals surface area contributed by atoms with Crippen molar-refractivity contribution >= 4 is 82.8 Å². The fourth-order valence-corrected chi connectivity index (χ4v) is 8.41. The standard InChI is InChI=1S/C47H82N12O14S/c1-8-26(6)38(45(70)54-28(12-9-10-19-48)42(67)57-37(25(4)5)47(72)73)58-44(69)33-13-11-20-59(33)46(71)31(14-16-34(50)60)55-40(65)29(15-17-36(62)63)52-41(66)30(18-21-74-7)53-43(68)32(22-24(2)3)56-39(64)27(49)23-35(51)61/h24-33,37-38H,8-23,48-49H2,1-7H3,(H2,50,60)(H2,51,61)(H,52,66)(H,53,68)(H,54,70)(H,55,65)(H,56,64)(H,57,67)(H,58,69)(H,62,63)(H,72,73)/t26-,27-,28-,29-,30-,31-,32-,33-,37-,38-/m0/s1. The maximum Gasteiger partial charge on any atom is 0.326 e. The normalized spacial score (nSPS) is 17.0. The molecule has 27 heteroatoms. The summed E-state index contributed by atoms with van der Waals surface area (Å²) in [5.41, 5.74) is 22.1. The van der Waals surface area contributed by atoms with Crippen molar-refractivity contribution in [1.82, 2.24) is 42.1 Å². The predicted octanol–water partition coefficient (Wildman–Crippen LogP) is -2.58. The molecule has 1 saturated heterocycles. The van der Waals surface area contributed by atoms with Gasteiger partial charge in [0.25, 0.3) is 0 Å². The Labute approximate surface area is 436 Å². The number of nitrogens with two attached hydrogens (primary N) is 4. The van der Waals surface area contributed by atoms with E-state index in [2.05, 4.69) is 37.2 Å². The molecule has 0 saturated carbocycles. The number of nitrogens with one attached hydrogen (secondary N) is 7. The number of carbonyl (C=O) groups is 12. The minimum Gasteiger partial charge on any atom is -0.481 e. The number of unbranched alkanes of at least 4 members (excludes halogenated alkanes) is 1. The summed E-state index contributed by atoms with van der Waals surface area (Å²) in [5, 5.41) is 37.2. The van der Waals surface area contributed by atoms with E-state index in [4.69, 9.17) is 22.9 Å². The van der Waals surface area contributed by atoms with Gasteiger partial charge in [0.05, 0.1) is 12.5 Å². The first-order valence-corrected chi connectivity index (χ1v) is 26.5. The fraction of sp³-hybridized carbons (Fsp3) is 0.745. The van der Waals surface area contributed by atoms with Crippen LogP contribution in [-0.4, -0.2) is 166 Å². The molecule has 0 unspecified atom stereocenters. The van der Waals surface area contributed by atoms with Gasteiger partial charge in [-0.05, 0) is 94.1 Å². The fourth-order valence-electron chi connectivity index (χ4n) is 7.94. The number of thioether (sulfide) groups is 1. The first-order chi connectivity index (χ1) is 34.7. The Hall–Kier alpha value is -6.09. The molecule has 74 heavy (non-hydrogen) atoms. The number of amides is 10. The molecule has 0 aromatic rings. The third kappa shape index (κ3) is 23.4. The molecule has 10 atom stereocenters.